The quantitative estimate of drug-likeness (QED) is 0.596. The van der Waals surface area contributed by atoms with Gasteiger partial charge in [0, 0.05) is 30.5 Å². The number of ketones is 1. The average Bonchev–Trinajstić information content (AvgIpc) is 2.56. The first-order chi connectivity index (χ1) is 11.9. The maximum absolute atomic E-state index is 13.9. The molecule has 4 rings (SSSR count). The Bertz CT molecular complexity index is 554. The van der Waals surface area contributed by atoms with Gasteiger partial charge in [-0.15, -0.1) is 0 Å². The second kappa shape index (κ2) is 7.12. The van der Waals surface area contributed by atoms with Crippen LogP contribution in [0.25, 0.3) is 0 Å². The highest BCUT2D eigenvalue weighted by atomic mass is 32.2. The smallest absolute Gasteiger partial charge is 0.220 e. The van der Waals surface area contributed by atoms with E-state index in [4.69, 9.17) is 17.0 Å². The summed E-state index contributed by atoms with van der Waals surface area (Å²) in [5.41, 5.74) is -0.409. The largest absolute Gasteiger partial charge is 0.474 e. The molecule has 1 saturated carbocycles. The predicted octanol–water partition coefficient (Wildman–Crippen LogP) is 4.68. The Morgan fingerprint density at radius 2 is 1.84 bits per heavy atom. The first kappa shape index (κ1) is 19.6. The van der Waals surface area contributed by atoms with E-state index in [9.17, 15) is 4.79 Å². The molecule has 0 aromatic heterocycles. The van der Waals surface area contributed by atoms with Crippen LogP contribution in [0.15, 0.2) is 0 Å². The summed E-state index contributed by atoms with van der Waals surface area (Å²) in [6, 6.07) is 0. The Morgan fingerprint density at radius 3 is 2.44 bits per heavy atom. The van der Waals surface area contributed by atoms with Gasteiger partial charge in [0.1, 0.15) is 6.10 Å². The van der Waals surface area contributed by atoms with Gasteiger partial charge in [-0.2, -0.15) is 0 Å². The molecule has 5 unspecified atom stereocenters. The number of carbonyl (C=O) groups is 1. The van der Waals surface area contributed by atoms with E-state index in [0.29, 0.717) is 10.2 Å². The van der Waals surface area contributed by atoms with Gasteiger partial charge in [-0.1, -0.05) is 51.8 Å². The minimum atomic E-state index is -0.354. The lowest BCUT2D eigenvalue weighted by atomic mass is 9.43. The van der Waals surface area contributed by atoms with Crippen LogP contribution in [0, 0.1) is 16.2 Å². The van der Waals surface area contributed by atoms with Crippen molar-refractivity contribution in [2.45, 2.75) is 71.8 Å². The van der Waals surface area contributed by atoms with E-state index in [1.165, 1.54) is 11.8 Å². The second-order valence-electron chi connectivity index (χ2n) is 8.65. The van der Waals surface area contributed by atoms with E-state index in [0.717, 1.165) is 64.6 Å². The van der Waals surface area contributed by atoms with Crippen LogP contribution in [0.5, 0.6) is 0 Å². The van der Waals surface area contributed by atoms with Crippen molar-refractivity contribution < 1.29 is 9.53 Å². The summed E-state index contributed by atoms with van der Waals surface area (Å²) in [5, 5.41) is 0. The molecule has 5 atom stereocenters. The number of Topliss-reactive ketones (excluding diaryl/α,β-unsaturated/α-hetero) is 1. The zero-order valence-corrected chi connectivity index (χ0v) is 17.9. The van der Waals surface area contributed by atoms with Crippen LogP contribution >= 0.6 is 24.0 Å². The molecule has 5 heteroatoms. The molecule has 0 aromatic carbocycles. The summed E-state index contributed by atoms with van der Waals surface area (Å²) in [7, 11) is 0. The van der Waals surface area contributed by atoms with Gasteiger partial charge < -0.3 is 9.64 Å². The van der Waals surface area contributed by atoms with Crippen LogP contribution in [-0.4, -0.2) is 47.1 Å². The van der Waals surface area contributed by atoms with Crippen LogP contribution in [0.1, 0.15) is 65.7 Å². The normalized spacial score (nSPS) is 42.0. The molecule has 142 valence electrons. The third kappa shape index (κ3) is 2.89. The second-order valence-corrected chi connectivity index (χ2v) is 10.1. The molecular weight excluding hydrogens is 350 g/mol. The lowest BCUT2D eigenvalue weighted by molar-refractivity contribution is -0.230. The fourth-order valence-electron chi connectivity index (χ4n) is 6.65. The minimum absolute atomic E-state index is 0.0334. The van der Waals surface area contributed by atoms with E-state index in [-0.39, 0.29) is 22.3 Å². The maximum atomic E-state index is 13.9. The van der Waals surface area contributed by atoms with Gasteiger partial charge in [0.25, 0.3) is 0 Å². The highest BCUT2D eigenvalue weighted by Gasteiger charge is 2.72. The Morgan fingerprint density at radius 1 is 1.16 bits per heavy atom. The van der Waals surface area contributed by atoms with E-state index in [1.807, 2.05) is 6.26 Å². The number of thiocarbonyl (C=S) groups is 1. The molecule has 3 saturated heterocycles. The maximum Gasteiger partial charge on any atom is 0.220 e. The first-order valence-corrected chi connectivity index (χ1v) is 11.6. The van der Waals surface area contributed by atoms with Gasteiger partial charge >= 0.3 is 0 Å². The summed E-state index contributed by atoms with van der Waals surface area (Å²) in [6.07, 6.45) is 9.28. The molecule has 0 N–H and O–H groups in total. The predicted molar refractivity (Wildman–Crippen MR) is 109 cm³/mol. The molecule has 3 aliphatic heterocycles. The van der Waals surface area contributed by atoms with E-state index in [1.54, 1.807) is 0 Å². The van der Waals surface area contributed by atoms with Crippen molar-refractivity contribution in [3.8, 4) is 0 Å². The van der Waals surface area contributed by atoms with Crippen molar-refractivity contribution in [2.24, 2.45) is 16.2 Å². The highest BCUT2D eigenvalue weighted by Crippen LogP contribution is 2.65. The van der Waals surface area contributed by atoms with Crippen LogP contribution in [-0.2, 0) is 9.53 Å². The molecule has 25 heavy (non-hydrogen) atoms. The zero-order valence-electron chi connectivity index (χ0n) is 16.2. The van der Waals surface area contributed by atoms with Gasteiger partial charge in [0.15, 0.2) is 5.78 Å². The molecule has 1 aliphatic carbocycles. The van der Waals surface area contributed by atoms with Crippen LogP contribution < -0.4 is 0 Å². The summed E-state index contributed by atoms with van der Waals surface area (Å²) in [4.78, 5) is 16.5. The van der Waals surface area contributed by atoms with Crippen molar-refractivity contribution in [3.05, 3.63) is 0 Å². The first-order valence-electron chi connectivity index (χ1n) is 9.94. The standard InChI is InChI=1S/C20H33NO2S2/c1-5-8-18-11-19(9-6-2)13-21(12-18)14-20(10-7-3,15(18)22)16(19)23-17(24)25-4/h16H,5-14H2,1-4H3. The number of nitrogens with zero attached hydrogens (tertiary/aromatic N) is 1. The third-order valence-electron chi connectivity index (χ3n) is 6.81. The minimum Gasteiger partial charge on any atom is -0.474 e. The van der Waals surface area contributed by atoms with Crippen molar-refractivity contribution >= 4 is 34.1 Å². The summed E-state index contributed by atoms with van der Waals surface area (Å²) in [5.74, 6) is 0.500. The number of hydrogen-bond donors (Lipinski definition) is 0. The Kier molecular flexibility index (Phi) is 5.59. The van der Waals surface area contributed by atoms with Gasteiger partial charge in [-0.25, -0.2) is 0 Å². The fourth-order valence-corrected chi connectivity index (χ4v) is 6.94. The van der Waals surface area contributed by atoms with Crippen molar-refractivity contribution in [1.29, 1.82) is 0 Å². The van der Waals surface area contributed by atoms with Gasteiger partial charge in [-0.3, -0.25) is 4.79 Å². The number of thioether (sulfide) groups is 1. The van der Waals surface area contributed by atoms with Crippen LogP contribution in [0.3, 0.4) is 0 Å². The van der Waals surface area contributed by atoms with Crippen molar-refractivity contribution in [1.82, 2.24) is 4.90 Å². The Balaban J connectivity index is 2.10. The van der Waals surface area contributed by atoms with E-state index >= 15 is 0 Å². The number of piperidine rings is 3. The molecule has 3 nitrogen and oxygen atoms in total. The van der Waals surface area contributed by atoms with Crippen molar-refractivity contribution in [2.75, 3.05) is 25.9 Å². The lowest BCUT2D eigenvalue weighted by Gasteiger charge is -2.69. The Labute approximate surface area is 162 Å². The van der Waals surface area contributed by atoms with Crippen molar-refractivity contribution in [3.63, 3.8) is 0 Å². The summed E-state index contributed by atoms with van der Waals surface area (Å²) < 4.78 is 7.04. The fraction of sp³-hybridized carbons (Fsp3) is 0.900. The molecule has 0 amide bonds. The topological polar surface area (TPSA) is 29.5 Å². The lowest BCUT2D eigenvalue weighted by Crippen LogP contribution is -2.78. The average molecular weight is 384 g/mol. The summed E-state index contributed by atoms with van der Waals surface area (Å²) >= 11 is 6.95. The van der Waals surface area contributed by atoms with E-state index in [2.05, 4.69) is 25.7 Å². The monoisotopic (exact) mass is 383 g/mol. The zero-order chi connectivity index (χ0) is 18.3. The molecule has 4 bridgehead atoms. The number of carbonyl (C=O) groups excluding carboxylic acids is 1. The van der Waals surface area contributed by atoms with Gasteiger partial charge in [0.2, 0.25) is 4.38 Å². The van der Waals surface area contributed by atoms with Gasteiger partial charge in [0.05, 0.1) is 5.41 Å². The molecule has 4 aliphatic rings. The van der Waals surface area contributed by atoms with E-state index < -0.39 is 0 Å². The molecule has 0 radical (unpaired) electrons. The molecular formula is C20H33NO2S2. The summed E-state index contributed by atoms with van der Waals surface area (Å²) in [6.45, 7) is 9.60. The number of ether oxygens (including phenoxy) is 1. The van der Waals surface area contributed by atoms with Crippen LogP contribution in [0.4, 0.5) is 0 Å². The Hall–Kier alpha value is -0.130. The van der Waals surface area contributed by atoms with Gasteiger partial charge in [-0.05, 0) is 44.2 Å². The third-order valence-corrected chi connectivity index (χ3v) is 7.83. The number of rotatable bonds is 7. The van der Waals surface area contributed by atoms with Crippen LogP contribution in [0.2, 0.25) is 0 Å². The SMILES string of the molecule is CCCC12CN3CC(CCC)(C1)C(OC(=S)SC)C(CCC)(C3)C2=O. The molecule has 3 heterocycles. The molecule has 0 aromatic rings. The highest BCUT2D eigenvalue weighted by molar-refractivity contribution is 8.22. The molecule has 4 fully saturated rings. The molecule has 0 spiro atoms. The number of hydrogen-bond acceptors (Lipinski definition) is 5.